The van der Waals surface area contributed by atoms with E-state index in [9.17, 15) is 5.11 Å². The van der Waals surface area contributed by atoms with Crippen molar-refractivity contribution >= 4 is 5.69 Å². The number of aliphatic hydroxyl groups excluding tert-OH is 2. The van der Waals surface area contributed by atoms with E-state index in [4.69, 9.17) is 9.84 Å². The van der Waals surface area contributed by atoms with Crippen molar-refractivity contribution in [1.29, 1.82) is 0 Å². The van der Waals surface area contributed by atoms with Crippen LogP contribution in [0.2, 0.25) is 0 Å². The highest BCUT2D eigenvalue weighted by molar-refractivity contribution is 5.53. The van der Waals surface area contributed by atoms with Crippen molar-refractivity contribution in [2.75, 3.05) is 32.3 Å². The molecule has 0 saturated heterocycles. The summed E-state index contributed by atoms with van der Waals surface area (Å²) >= 11 is 0. The maximum atomic E-state index is 9.34. The summed E-state index contributed by atoms with van der Waals surface area (Å²) in [6.45, 7) is 2.19. The van der Waals surface area contributed by atoms with Gasteiger partial charge in [0.15, 0.2) is 0 Å². The van der Waals surface area contributed by atoms with E-state index in [1.165, 1.54) is 0 Å². The first-order chi connectivity index (χ1) is 8.67. The Morgan fingerprint density at radius 1 is 1.33 bits per heavy atom. The van der Waals surface area contributed by atoms with Crippen LogP contribution in [-0.2, 0) is 6.42 Å². The van der Waals surface area contributed by atoms with Crippen LogP contribution in [0.25, 0.3) is 0 Å². The number of rotatable bonds is 7. The number of ether oxygens (including phenoxy) is 1. The minimum atomic E-state index is -0.0619. The lowest BCUT2D eigenvalue weighted by molar-refractivity contribution is 0.218. The van der Waals surface area contributed by atoms with Crippen LogP contribution in [0, 0.1) is 0 Å². The van der Waals surface area contributed by atoms with Crippen LogP contribution in [0.5, 0.6) is 5.75 Å². The van der Waals surface area contributed by atoms with Gasteiger partial charge in [0.05, 0.1) is 19.8 Å². The number of aliphatic hydroxyl groups is 2. The molecule has 2 N–H and O–H groups in total. The molecule has 1 aromatic carbocycles. The second kappa shape index (κ2) is 7.24. The molecule has 1 unspecified atom stereocenters. The molecule has 0 aliphatic rings. The number of benzene rings is 1. The summed E-state index contributed by atoms with van der Waals surface area (Å²) in [5.41, 5.74) is 2.17. The lowest BCUT2D eigenvalue weighted by atomic mass is 10.1. The Morgan fingerprint density at radius 3 is 2.56 bits per heavy atom. The van der Waals surface area contributed by atoms with Crippen LogP contribution in [0.4, 0.5) is 5.69 Å². The molecule has 0 bridgehead atoms. The van der Waals surface area contributed by atoms with E-state index in [1.807, 2.05) is 24.1 Å². The number of methoxy groups -OCH3 is 1. The third-order valence-electron chi connectivity index (χ3n) is 3.27. The van der Waals surface area contributed by atoms with Gasteiger partial charge in [-0.25, -0.2) is 0 Å². The van der Waals surface area contributed by atoms with Crippen molar-refractivity contribution in [2.24, 2.45) is 0 Å². The van der Waals surface area contributed by atoms with Crippen molar-refractivity contribution in [3.63, 3.8) is 0 Å². The van der Waals surface area contributed by atoms with Gasteiger partial charge in [0, 0.05) is 19.3 Å². The molecule has 0 saturated carbocycles. The molecule has 0 aliphatic carbocycles. The van der Waals surface area contributed by atoms with Gasteiger partial charge in [-0.1, -0.05) is 6.92 Å². The van der Waals surface area contributed by atoms with Gasteiger partial charge in [0.2, 0.25) is 0 Å². The summed E-state index contributed by atoms with van der Waals surface area (Å²) < 4.78 is 5.30. The molecule has 102 valence electrons. The maximum absolute atomic E-state index is 9.34. The third kappa shape index (κ3) is 3.37. The van der Waals surface area contributed by atoms with Gasteiger partial charge in [-0.3, -0.25) is 0 Å². The number of anilines is 1. The fourth-order valence-electron chi connectivity index (χ4n) is 2.03. The van der Waals surface area contributed by atoms with Crippen LogP contribution in [0.3, 0.4) is 0 Å². The van der Waals surface area contributed by atoms with Crippen molar-refractivity contribution in [3.8, 4) is 5.75 Å². The second-order valence-corrected chi connectivity index (χ2v) is 4.31. The van der Waals surface area contributed by atoms with Gasteiger partial charge in [-0.15, -0.1) is 0 Å². The lowest BCUT2D eigenvalue weighted by Gasteiger charge is -2.28. The van der Waals surface area contributed by atoms with Gasteiger partial charge in [-0.05, 0) is 36.6 Å². The van der Waals surface area contributed by atoms with Crippen LogP contribution in [0.15, 0.2) is 18.2 Å². The number of aryl methyl sites for hydroxylation is 1. The van der Waals surface area contributed by atoms with Crippen molar-refractivity contribution in [2.45, 2.75) is 25.8 Å². The summed E-state index contributed by atoms with van der Waals surface area (Å²) in [6.07, 6.45) is 1.45. The van der Waals surface area contributed by atoms with Gasteiger partial charge in [0.25, 0.3) is 0 Å². The van der Waals surface area contributed by atoms with E-state index in [1.54, 1.807) is 7.11 Å². The molecular formula is C14H23NO3. The molecule has 1 aromatic rings. The van der Waals surface area contributed by atoms with Crippen LogP contribution < -0.4 is 9.64 Å². The van der Waals surface area contributed by atoms with E-state index >= 15 is 0 Å². The Kier molecular flexibility index (Phi) is 5.95. The Bertz CT molecular complexity index is 368. The normalized spacial score (nSPS) is 12.3. The topological polar surface area (TPSA) is 52.9 Å². The standard InChI is InChI=1S/C14H23NO3/c1-4-11-9-12(5-6-14(11)18-3)15(2)13(10-17)7-8-16/h5-6,9,13,16-17H,4,7-8,10H2,1-3H3. The zero-order valence-corrected chi connectivity index (χ0v) is 11.4. The second-order valence-electron chi connectivity index (χ2n) is 4.31. The molecule has 0 heterocycles. The van der Waals surface area contributed by atoms with E-state index in [-0.39, 0.29) is 19.3 Å². The monoisotopic (exact) mass is 253 g/mol. The summed E-state index contributed by atoms with van der Waals surface area (Å²) in [5, 5.41) is 18.3. The molecule has 4 heteroatoms. The van der Waals surface area contributed by atoms with Gasteiger partial charge >= 0.3 is 0 Å². The number of nitrogens with zero attached hydrogens (tertiary/aromatic N) is 1. The zero-order valence-electron chi connectivity index (χ0n) is 11.4. The summed E-state index contributed by atoms with van der Waals surface area (Å²) in [6, 6.07) is 5.92. The van der Waals surface area contributed by atoms with Crippen LogP contribution >= 0.6 is 0 Å². The highest BCUT2D eigenvalue weighted by Gasteiger charge is 2.15. The third-order valence-corrected chi connectivity index (χ3v) is 3.27. The van der Waals surface area contributed by atoms with E-state index < -0.39 is 0 Å². The maximum Gasteiger partial charge on any atom is 0.122 e. The first-order valence-corrected chi connectivity index (χ1v) is 6.29. The molecule has 1 rings (SSSR count). The molecule has 0 aromatic heterocycles. The number of likely N-dealkylation sites (N-methyl/N-ethyl adjacent to an activating group) is 1. The molecular weight excluding hydrogens is 230 g/mol. The molecule has 18 heavy (non-hydrogen) atoms. The zero-order chi connectivity index (χ0) is 13.5. The van der Waals surface area contributed by atoms with E-state index in [0.717, 1.165) is 23.4 Å². The number of hydrogen-bond acceptors (Lipinski definition) is 4. The minimum absolute atomic E-state index is 0.0323. The molecule has 0 spiro atoms. The largest absolute Gasteiger partial charge is 0.496 e. The van der Waals surface area contributed by atoms with E-state index in [2.05, 4.69) is 13.0 Å². The highest BCUT2D eigenvalue weighted by atomic mass is 16.5. The average molecular weight is 253 g/mol. The van der Waals surface area contributed by atoms with Gasteiger partial charge < -0.3 is 19.8 Å². The fraction of sp³-hybridized carbons (Fsp3) is 0.571. The summed E-state index contributed by atoms with van der Waals surface area (Å²) in [4.78, 5) is 1.99. The summed E-state index contributed by atoms with van der Waals surface area (Å²) in [5.74, 6) is 0.886. The highest BCUT2D eigenvalue weighted by Crippen LogP contribution is 2.26. The predicted octanol–water partition coefficient (Wildman–Crippen LogP) is 1.44. The first-order valence-electron chi connectivity index (χ1n) is 6.29. The quantitative estimate of drug-likeness (QED) is 0.772. The van der Waals surface area contributed by atoms with E-state index in [0.29, 0.717) is 6.42 Å². The Labute approximate surface area is 109 Å². The molecule has 4 nitrogen and oxygen atoms in total. The van der Waals surface area contributed by atoms with Crippen LogP contribution in [-0.4, -0.2) is 43.6 Å². The van der Waals surface area contributed by atoms with Gasteiger partial charge in [0.1, 0.15) is 5.75 Å². The average Bonchev–Trinajstić information content (AvgIpc) is 2.43. The van der Waals surface area contributed by atoms with Crippen molar-refractivity contribution < 1.29 is 14.9 Å². The molecule has 0 amide bonds. The Balaban J connectivity index is 2.94. The SMILES string of the molecule is CCc1cc(N(C)C(CO)CCO)ccc1OC. The summed E-state index contributed by atoms with van der Waals surface area (Å²) in [7, 11) is 3.60. The predicted molar refractivity (Wildman–Crippen MR) is 73.4 cm³/mol. The Morgan fingerprint density at radius 2 is 2.06 bits per heavy atom. The molecule has 0 aliphatic heterocycles. The van der Waals surface area contributed by atoms with Crippen molar-refractivity contribution in [1.82, 2.24) is 0 Å². The van der Waals surface area contributed by atoms with Crippen LogP contribution in [0.1, 0.15) is 18.9 Å². The van der Waals surface area contributed by atoms with Crippen molar-refractivity contribution in [3.05, 3.63) is 23.8 Å². The number of hydrogen-bond donors (Lipinski definition) is 2. The van der Waals surface area contributed by atoms with Gasteiger partial charge in [-0.2, -0.15) is 0 Å². The molecule has 0 fully saturated rings. The smallest absolute Gasteiger partial charge is 0.122 e. The Hall–Kier alpha value is -1.26. The molecule has 1 atom stereocenters. The fourth-order valence-corrected chi connectivity index (χ4v) is 2.03. The lowest BCUT2D eigenvalue weighted by Crippen LogP contribution is -2.35. The first kappa shape index (κ1) is 14.8. The molecule has 0 radical (unpaired) electrons. The minimum Gasteiger partial charge on any atom is -0.496 e.